The van der Waals surface area contributed by atoms with E-state index in [0.29, 0.717) is 11.7 Å². The van der Waals surface area contributed by atoms with Crippen molar-refractivity contribution in [3.63, 3.8) is 0 Å². The molecule has 112 valence electrons. The summed E-state index contributed by atoms with van der Waals surface area (Å²) < 4.78 is 15.4. The normalized spacial score (nSPS) is 12.2. The summed E-state index contributed by atoms with van der Waals surface area (Å²) >= 11 is 0. The van der Waals surface area contributed by atoms with Gasteiger partial charge in [0.1, 0.15) is 5.75 Å². The van der Waals surface area contributed by atoms with Crippen molar-refractivity contribution in [2.24, 2.45) is 0 Å². The zero-order valence-corrected chi connectivity index (χ0v) is 12.7. The molecule has 1 atom stereocenters. The lowest BCUT2D eigenvalue weighted by molar-refractivity contribution is -0.161. The van der Waals surface area contributed by atoms with E-state index in [1.165, 1.54) is 5.56 Å². The summed E-state index contributed by atoms with van der Waals surface area (Å²) in [5, 5.41) is 0. The van der Waals surface area contributed by atoms with E-state index in [-0.39, 0.29) is 19.5 Å². The van der Waals surface area contributed by atoms with Gasteiger partial charge >= 0.3 is 5.97 Å². The second kappa shape index (κ2) is 8.59. The van der Waals surface area contributed by atoms with Crippen LogP contribution in [0.4, 0.5) is 0 Å². The molecule has 4 heteroatoms. The highest BCUT2D eigenvalue weighted by atomic mass is 16.7. The smallest absolute Gasteiger partial charge is 0.346 e. The molecule has 0 heterocycles. The Morgan fingerprint density at radius 1 is 1.15 bits per heavy atom. The summed E-state index contributed by atoms with van der Waals surface area (Å²) in [5.41, 5.74) is 1.27. The fourth-order valence-electron chi connectivity index (χ4n) is 1.55. The fourth-order valence-corrected chi connectivity index (χ4v) is 1.55. The molecule has 0 saturated heterocycles. The number of carbonyl (C=O) groups excluding carboxylic acids is 1. The Hall–Kier alpha value is -1.55. The van der Waals surface area contributed by atoms with Gasteiger partial charge in [0.2, 0.25) is 0 Å². The van der Waals surface area contributed by atoms with Gasteiger partial charge < -0.3 is 14.2 Å². The van der Waals surface area contributed by atoms with Crippen molar-refractivity contribution in [1.82, 2.24) is 0 Å². The van der Waals surface area contributed by atoms with Crippen molar-refractivity contribution in [2.75, 3.05) is 13.4 Å². The third-order valence-electron chi connectivity index (χ3n) is 3.04. The molecule has 0 aliphatic carbocycles. The van der Waals surface area contributed by atoms with Gasteiger partial charge in [0, 0.05) is 0 Å². The maximum Gasteiger partial charge on any atom is 0.346 e. The van der Waals surface area contributed by atoms with Crippen LogP contribution in [0.2, 0.25) is 0 Å². The van der Waals surface area contributed by atoms with Crippen molar-refractivity contribution in [1.29, 1.82) is 0 Å². The van der Waals surface area contributed by atoms with Crippen LogP contribution in [0.5, 0.6) is 5.75 Å². The second-order valence-electron chi connectivity index (χ2n) is 5.02. The maximum absolute atomic E-state index is 11.4. The molecule has 0 fully saturated rings. The van der Waals surface area contributed by atoms with Crippen molar-refractivity contribution in [2.45, 2.75) is 46.1 Å². The predicted octanol–water partition coefficient (Wildman–Crippen LogP) is 3.50. The summed E-state index contributed by atoms with van der Waals surface area (Å²) in [6, 6.07) is 7.80. The van der Waals surface area contributed by atoms with Crippen molar-refractivity contribution < 1.29 is 19.0 Å². The first-order valence-corrected chi connectivity index (χ1v) is 7.03. The molecular weight excluding hydrogens is 256 g/mol. The van der Waals surface area contributed by atoms with Gasteiger partial charge in [0.15, 0.2) is 13.4 Å². The van der Waals surface area contributed by atoms with E-state index in [1.807, 2.05) is 38.1 Å². The molecule has 0 bridgehead atoms. The van der Waals surface area contributed by atoms with Crippen LogP contribution in [0, 0.1) is 0 Å². The molecule has 0 aromatic heterocycles. The number of esters is 1. The van der Waals surface area contributed by atoms with E-state index in [9.17, 15) is 4.79 Å². The van der Waals surface area contributed by atoms with E-state index in [0.717, 1.165) is 6.42 Å². The predicted molar refractivity (Wildman–Crippen MR) is 77.8 cm³/mol. The minimum atomic E-state index is -0.434. The minimum Gasteiger partial charge on any atom is -0.482 e. The van der Waals surface area contributed by atoms with Gasteiger partial charge in [-0.15, -0.1) is 0 Å². The van der Waals surface area contributed by atoms with Crippen LogP contribution in [0.15, 0.2) is 24.3 Å². The quantitative estimate of drug-likeness (QED) is 0.540. The Kier molecular flexibility index (Phi) is 7.09. The lowest BCUT2D eigenvalue weighted by Crippen LogP contribution is -2.18. The van der Waals surface area contributed by atoms with Crippen LogP contribution in [-0.4, -0.2) is 25.5 Å². The van der Waals surface area contributed by atoms with Gasteiger partial charge in [-0.05, 0) is 43.9 Å². The first-order valence-electron chi connectivity index (χ1n) is 7.03. The SMILES string of the molecule is CCC(C)c1ccc(OCC(=O)OCOC(C)C)cc1. The number of hydrogen-bond acceptors (Lipinski definition) is 4. The molecule has 0 spiro atoms. The van der Waals surface area contributed by atoms with Gasteiger partial charge in [0.05, 0.1) is 6.10 Å². The van der Waals surface area contributed by atoms with E-state index in [2.05, 4.69) is 13.8 Å². The molecule has 0 aliphatic heterocycles. The monoisotopic (exact) mass is 280 g/mol. The highest BCUT2D eigenvalue weighted by Gasteiger charge is 2.06. The minimum absolute atomic E-state index is 0.0349. The summed E-state index contributed by atoms with van der Waals surface area (Å²) in [6.07, 6.45) is 1.14. The average Bonchev–Trinajstić information content (AvgIpc) is 2.44. The Morgan fingerprint density at radius 2 is 1.80 bits per heavy atom. The van der Waals surface area contributed by atoms with Crippen LogP contribution < -0.4 is 4.74 Å². The van der Waals surface area contributed by atoms with E-state index >= 15 is 0 Å². The topological polar surface area (TPSA) is 44.8 Å². The molecule has 4 nitrogen and oxygen atoms in total. The largest absolute Gasteiger partial charge is 0.482 e. The van der Waals surface area contributed by atoms with Crippen LogP contribution in [0.3, 0.4) is 0 Å². The lowest BCUT2D eigenvalue weighted by Gasteiger charge is -2.11. The summed E-state index contributed by atoms with van der Waals surface area (Å²) in [7, 11) is 0. The third kappa shape index (κ3) is 6.06. The van der Waals surface area contributed by atoms with E-state index in [1.54, 1.807) is 0 Å². The summed E-state index contributed by atoms with van der Waals surface area (Å²) in [4.78, 5) is 11.4. The van der Waals surface area contributed by atoms with Gasteiger partial charge in [-0.25, -0.2) is 4.79 Å². The molecule has 0 saturated carbocycles. The number of benzene rings is 1. The Balaban J connectivity index is 2.32. The fraction of sp³-hybridized carbons (Fsp3) is 0.562. The third-order valence-corrected chi connectivity index (χ3v) is 3.04. The summed E-state index contributed by atoms with van der Waals surface area (Å²) in [6.45, 7) is 7.95. The van der Waals surface area contributed by atoms with Gasteiger partial charge in [0.25, 0.3) is 0 Å². The van der Waals surface area contributed by atoms with Gasteiger partial charge in [-0.2, -0.15) is 0 Å². The zero-order valence-electron chi connectivity index (χ0n) is 12.7. The molecule has 0 amide bonds. The van der Waals surface area contributed by atoms with Crippen LogP contribution in [0.1, 0.15) is 45.6 Å². The van der Waals surface area contributed by atoms with Crippen molar-refractivity contribution in [3.8, 4) is 5.75 Å². The molecule has 0 N–H and O–H groups in total. The highest BCUT2D eigenvalue weighted by molar-refractivity contribution is 5.71. The van der Waals surface area contributed by atoms with Gasteiger partial charge in [-0.1, -0.05) is 26.0 Å². The van der Waals surface area contributed by atoms with E-state index < -0.39 is 5.97 Å². The molecule has 1 aromatic rings. The maximum atomic E-state index is 11.4. The van der Waals surface area contributed by atoms with E-state index in [4.69, 9.17) is 14.2 Å². The molecule has 0 radical (unpaired) electrons. The van der Waals surface area contributed by atoms with Crippen LogP contribution >= 0.6 is 0 Å². The Bertz CT molecular complexity index is 397. The number of ether oxygens (including phenoxy) is 3. The van der Waals surface area contributed by atoms with Crippen molar-refractivity contribution in [3.05, 3.63) is 29.8 Å². The molecule has 0 aliphatic rings. The first-order chi connectivity index (χ1) is 9.52. The van der Waals surface area contributed by atoms with Gasteiger partial charge in [-0.3, -0.25) is 0 Å². The molecule has 1 aromatic carbocycles. The van der Waals surface area contributed by atoms with Crippen LogP contribution in [0.25, 0.3) is 0 Å². The molecule has 20 heavy (non-hydrogen) atoms. The molecule has 1 unspecified atom stereocenters. The first kappa shape index (κ1) is 16.5. The number of rotatable bonds is 8. The highest BCUT2D eigenvalue weighted by Crippen LogP contribution is 2.21. The average molecular weight is 280 g/mol. The van der Waals surface area contributed by atoms with Crippen molar-refractivity contribution >= 4 is 5.97 Å². The summed E-state index contributed by atoms with van der Waals surface area (Å²) in [5.74, 6) is 0.762. The standard InChI is InChI=1S/C16H24O4/c1-5-13(4)14-6-8-15(9-7-14)18-10-16(17)20-11-19-12(2)3/h6-9,12-13H,5,10-11H2,1-4H3. The number of hydrogen-bond donors (Lipinski definition) is 0. The lowest BCUT2D eigenvalue weighted by atomic mass is 9.99. The second-order valence-corrected chi connectivity index (χ2v) is 5.02. The zero-order chi connectivity index (χ0) is 15.0. The Morgan fingerprint density at radius 3 is 2.35 bits per heavy atom. The Labute approximate surface area is 121 Å². The molecule has 1 rings (SSSR count). The molecular formula is C16H24O4. The van der Waals surface area contributed by atoms with Crippen LogP contribution in [-0.2, 0) is 14.3 Å². The number of carbonyl (C=O) groups is 1.